The molecular formula is C13H19N3O4S. The van der Waals surface area contributed by atoms with Gasteiger partial charge in [0.05, 0.1) is 12.6 Å². The maximum atomic E-state index is 12.0. The van der Waals surface area contributed by atoms with Gasteiger partial charge in [-0.25, -0.2) is 14.6 Å². The number of carbonyl (C=O) groups excluding carboxylic acids is 1. The summed E-state index contributed by atoms with van der Waals surface area (Å²) in [5, 5.41) is 13.5. The highest BCUT2D eigenvalue weighted by Gasteiger charge is 2.19. The van der Waals surface area contributed by atoms with Crippen molar-refractivity contribution in [3.63, 3.8) is 0 Å². The Hall–Kier alpha value is -1.67. The smallest absolute Gasteiger partial charge is 0.355 e. The van der Waals surface area contributed by atoms with Crippen LogP contribution in [0.1, 0.15) is 34.8 Å². The van der Waals surface area contributed by atoms with E-state index in [-0.39, 0.29) is 24.4 Å². The number of hydrogen-bond acceptors (Lipinski definition) is 5. The third-order valence-electron chi connectivity index (χ3n) is 3.26. The van der Waals surface area contributed by atoms with Crippen LogP contribution in [0.25, 0.3) is 0 Å². The minimum absolute atomic E-state index is 0.00760. The maximum Gasteiger partial charge on any atom is 0.355 e. The van der Waals surface area contributed by atoms with Gasteiger partial charge in [0.15, 0.2) is 5.69 Å². The molecule has 2 heterocycles. The fourth-order valence-corrected chi connectivity index (χ4v) is 2.82. The Morgan fingerprint density at radius 2 is 2.38 bits per heavy atom. The summed E-state index contributed by atoms with van der Waals surface area (Å²) < 4.78 is 5.59. The molecule has 8 heteroatoms. The topological polar surface area (TPSA) is 91.8 Å². The Morgan fingerprint density at radius 3 is 3.00 bits per heavy atom. The van der Waals surface area contributed by atoms with Gasteiger partial charge < -0.3 is 20.1 Å². The van der Waals surface area contributed by atoms with E-state index >= 15 is 0 Å². The molecule has 1 atom stereocenters. The van der Waals surface area contributed by atoms with Crippen LogP contribution < -0.4 is 5.32 Å². The predicted octanol–water partition coefficient (Wildman–Crippen LogP) is 1.55. The number of aromatic nitrogens is 1. The first-order chi connectivity index (χ1) is 10.1. The Balaban J connectivity index is 1.76. The second kappa shape index (κ2) is 7.37. The number of carboxylic acid groups (broad SMARTS) is 1. The standard InChI is InChI=1S/C13H19N3O4S/c1-16(7-9-4-2-3-5-20-9)13(19)14-6-11-15-10(8-21-11)12(17)18/h8-9H,2-7H2,1H3,(H,14,19)(H,17,18). The van der Waals surface area contributed by atoms with Gasteiger partial charge in [-0.1, -0.05) is 0 Å². The maximum absolute atomic E-state index is 12.0. The van der Waals surface area contributed by atoms with Crippen LogP contribution in [0, 0.1) is 0 Å². The number of aromatic carboxylic acids is 1. The summed E-state index contributed by atoms with van der Waals surface area (Å²) in [5.41, 5.74) is 0.00760. The highest BCUT2D eigenvalue weighted by molar-refractivity contribution is 7.09. The summed E-state index contributed by atoms with van der Waals surface area (Å²) in [6.07, 6.45) is 3.30. The molecule has 116 valence electrons. The molecule has 0 bridgehead atoms. The average molecular weight is 313 g/mol. The van der Waals surface area contributed by atoms with Crippen LogP contribution in [0.5, 0.6) is 0 Å². The molecule has 1 aliphatic rings. The number of urea groups is 1. The number of nitrogens with zero attached hydrogens (tertiary/aromatic N) is 2. The minimum Gasteiger partial charge on any atom is -0.476 e. The Labute approximate surface area is 126 Å². The number of carbonyl (C=O) groups is 2. The van der Waals surface area contributed by atoms with Crippen molar-refractivity contribution in [2.24, 2.45) is 0 Å². The molecule has 2 N–H and O–H groups in total. The summed E-state index contributed by atoms with van der Waals surface area (Å²) in [6, 6.07) is -0.212. The molecule has 2 amide bonds. The fourth-order valence-electron chi connectivity index (χ4n) is 2.12. The number of amides is 2. The monoisotopic (exact) mass is 313 g/mol. The van der Waals surface area contributed by atoms with Crippen molar-refractivity contribution in [3.8, 4) is 0 Å². The second-order valence-electron chi connectivity index (χ2n) is 4.96. The van der Waals surface area contributed by atoms with Crippen LogP contribution in [0.3, 0.4) is 0 Å². The molecule has 7 nitrogen and oxygen atoms in total. The minimum atomic E-state index is -1.06. The van der Waals surface area contributed by atoms with Crippen LogP contribution in [0.2, 0.25) is 0 Å². The van der Waals surface area contributed by atoms with Crippen molar-refractivity contribution < 1.29 is 19.4 Å². The van der Waals surface area contributed by atoms with Gasteiger partial charge in [0, 0.05) is 25.6 Å². The van der Waals surface area contributed by atoms with Gasteiger partial charge in [-0.15, -0.1) is 11.3 Å². The fraction of sp³-hybridized carbons (Fsp3) is 0.615. The number of thiazole rings is 1. The molecular weight excluding hydrogens is 294 g/mol. The lowest BCUT2D eigenvalue weighted by atomic mass is 10.1. The van der Waals surface area contributed by atoms with Crippen molar-refractivity contribution in [1.82, 2.24) is 15.2 Å². The normalized spacial score (nSPS) is 18.2. The summed E-state index contributed by atoms with van der Waals surface area (Å²) in [7, 11) is 1.72. The lowest BCUT2D eigenvalue weighted by Gasteiger charge is -2.27. The quantitative estimate of drug-likeness (QED) is 0.860. The van der Waals surface area contributed by atoms with Crippen molar-refractivity contribution in [2.45, 2.75) is 31.9 Å². The summed E-state index contributed by atoms with van der Waals surface area (Å²) >= 11 is 1.22. The Morgan fingerprint density at radius 1 is 1.57 bits per heavy atom. The first-order valence-corrected chi connectivity index (χ1v) is 7.72. The first-order valence-electron chi connectivity index (χ1n) is 6.84. The number of likely N-dealkylation sites (N-methyl/N-ethyl adjacent to an activating group) is 1. The molecule has 21 heavy (non-hydrogen) atoms. The van der Waals surface area contributed by atoms with Crippen LogP contribution in [-0.4, -0.2) is 53.3 Å². The van der Waals surface area contributed by atoms with Crippen LogP contribution in [0.15, 0.2) is 5.38 Å². The molecule has 1 aromatic heterocycles. The molecule has 0 spiro atoms. The zero-order valence-electron chi connectivity index (χ0n) is 11.9. The number of nitrogens with one attached hydrogen (secondary N) is 1. The van der Waals surface area contributed by atoms with Crippen molar-refractivity contribution in [3.05, 3.63) is 16.1 Å². The lowest BCUT2D eigenvalue weighted by molar-refractivity contribution is 0.00385. The zero-order chi connectivity index (χ0) is 15.2. The van der Waals surface area contributed by atoms with E-state index in [1.54, 1.807) is 11.9 Å². The van der Waals surface area contributed by atoms with Gasteiger partial charge in [-0.3, -0.25) is 0 Å². The van der Waals surface area contributed by atoms with E-state index in [0.29, 0.717) is 11.6 Å². The van der Waals surface area contributed by atoms with Gasteiger partial charge in [-0.2, -0.15) is 0 Å². The molecule has 1 unspecified atom stereocenters. The van der Waals surface area contributed by atoms with Gasteiger partial charge in [-0.05, 0) is 19.3 Å². The molecule has 2 rings (SSSR count). The van der Waals surface area contributed by atoms with Crippen molar-refractivity contribution in [1.29, 1.82) is 0 Å². The zero-order valence-corrected chi connectivity index (χ0v) is 12.7. The highest BCUT2D eigenvalue weighted by atomic mass is 32.1. The van der Waals surface area contributed by atoms with Gasteiger partial charge in [0.25, 0.3) is 0 Å². The van der Waals surface area contributed by atoms with E-state index in [0.717, 1.165) is 25.9 Å². The van der Waals surface area contributed by atoms with E-state index in [4.69, 9.17) is 9.84 Å². The third-order valence-corrected chi connectivity index (χ3v) is 4.11. The van der Waals surface area contributed by atoms with E-state index < -0.39 is 5.97 Å². The van der Waals surface area contributed by atoms with E-state index in [1.165, 1.54) is 16.7 Å². The summed E-state index contributed by atoms with van der Waals surface area (Å²) in [5.74, 6) is -1.06. The molecule has 1 aromatic rings. The number of hydrogen-bond donors (Lipinski definition) is 2. The lowest BCUT2D eigenvalue weighted by Crippen LogP contribution is -2.42. The van der Waals surface area contributed by atoms with Gasteiger partial charge in [0.1, 0.15) is 5.01 Å². The molecule has 1 aliphatic heterocycles. The molecule has 1 fully saturated rings. The molecule has 0 saturated carbocycles. The van der Waals surface area contributed by atoms with E-state index in [1.807, 2.05) is 0 Å². The van der Waals surface area contributed by atoms with E-state index in [9.17, 15) is 9.59 Å². The van der Waals surface area contributed by atoms with Crippen LogP contribution in [-0.2, 0) is 11.3 Å². The van der Waals surface area contributed by atoms with Gasteiger partial charge >= 0.3 is 12.0 Å². The van der Waals surface area contributed by atoms with E-state index in [2.05, 4.69) is 10.3 Å². The summed E-state index contributed by atoms with van der Waals surface area (Å²) in [6.45, 7) is 1.55. The molecule has 0 radical (unpaired) electrons. The van der Waals surface area contributed by atoms with Crippen LogP contribution >= 0.6 is 11.3 Å². The number of carboxylic acids is 1. The SMILES string of the molecule is CN(CC1CCCCO1)C(=O)NCc1nc(C(=O)O)cs1. The van der Waals surface area contributed by atoms with Crippen molar-refractivity contribution >= 4 is 23.3 Å². The predicted molar refractivity (Wildman–Crippen MR) is 77.5 cm³/mol. The number of ether oxygens (including phenoxy) is 1. The second-order valence-corrected chi connectivity index (χ2v) is 5.90. The third kappa shape index (κ3) is 4.68. The van der Waals surface area contributed by atoms with Crippen LogP contribution in [0.4, 0.5) is 4.79 Å². The summed E-state index contributed by atoms with van der Waals surface area (Å²) in [4.78, 5) is 28.2. The first kappa shape index (κ1) is 15.7. The molecule has 1 saturated heterocycles. The average Bonchev–Trinajstić information content (AvgIpc) is 2.95. The largest absolute Gasteiger partial charge is 0.476 e. The highest BCUT2D eigenvalue weighted by Crippen LogP contribution is 2.13. The molecule has 0 aromatic carbocycles. The number of rotatable bonds is 5. The molecule has 0 aliphatic carbocycles. The van der Waals surface area contributed by atoms with Crippen molar-refractivity contribution in [2.75, 3.05) is 20.2 Å². The Kier molecular flexibility index (Phi) is 5.51. The van der Waals surface area contributed by atoms with Gasteiger partial charge in [0.2, 0.25) is 0 Å². The Bertz CT molecular complexity index is 499.